The summed E-state index contributed by atoms with van der Waals surface area (Å²) < 4.78 is 2.28. The Balaban J connectivity index is 1.51. The van der Waals surface area contributed by atoms with Crippen molar-refractivity contribution in [1.82, 2.24) is 4.57 Å². The molecule has 140 valence electrons. The molecule has 1 saturated carbocycles. The third-order valence-corrected chi connectivity index (χ3v) is 7.09. The van der Waals surface area contributed by atoms with E-state index in [0.29, 0.717) is 0 Å². The Morgan fingerprint density at radius 2 is 1.50 bits per heavy atom. The summed E-state index contributed by atoms with van der Waals surface area (Å²) >= 11 is 0. The minimum Gasteiger partial charge on any atom is -0.341 e. The van der Waals surface area contributed by atoms with E-state index in [4.69, 9.17) is 0 Å². The van der Waals surface area contributed by atoms with Crippen molar-refractivity contribution in [3.05, 3.63) is 54.6 Å². The lowest BCUT2D eigenvalue weighted by atomic mass is 9.63. The molecule has 2 bridgehead atoms. The van der Waals surface area contributed by atoms with Gasteiger partial charge in [-0.15, -0.1) is 0 Å². The Morgan fingerprint density at radius 3 is 2.14 bits per heavy atom. The number of carbonyl (C=O) groups is 2. The molecule has 1 aromatic heterocycles. The number of nitrogens with zero attached hydrogens (tertiary/aromatic N) is 2. The lowest BCUT2D eigenvalue weighted by molar-refractivity contribution is -0.124. The third-order valence-electron chi connectivity index (χ3n) is 7.09. The number of hydrogen-bond donors (Lipinski definition) is 0. The number of amides is 2. The standard InChI is InChI=1S/C24H22N2O2/c1-2-25-19-6-4-3-5-17(19)18-13-16(11-12-20(18)25)26-23(27)21-14-7-8-15(10-9-14)22(21)24(26)28/h3-8,11-15,21-22H,2,9-10H2,1H3. The number of aromatic nitrogens is 1. The van der Waals surface area contributed by atoms with Gasteiger partial charge in [-0.25, -0.2) is 4.90 Å². The number of rotatable bonds is 2. The van der Waals surface area contributed by atoms with Crippen LogP contribution in [0.1, 0.15) is 19.8 Å². The number of anilines is 1. The Hall–Kier alpha value is -2.88. The molecule has 3 aliphatic carbocycles. The van der Waals surface area contributed by atoms with E-state index in [1.54, 1.807) is 0 Å². The smallest absolute Gasteiger partial charge is 0.238 e. The highest BCUT2D eigenvalue weighted by Crippen LogP contribution is 2.50. The topological polar surface area (TPSA) is 42.3 Å². The first-order valence-electron chi connectivity index (χ1n) is 10.3. The summed E-state index contributed by atoms with van der Waals surface area (Å²) in [5.41, 5.74) is 3.05. The van der Waals surface area contributed by atoms with Crippen LogP contribution >= 0.6 is 0 Å². The van der Waals surface area contributed by atoms with Crippen LogP contribution in [0.5, 0.6) is 0 Å². The van der Waals surface area contributed by atoms with E-state index in [-0.39, 0.29) is 35.5 Å². The maximum atomic E-state index is 13.3. The predicted molar refractivity (Wildman–Crippen MR) is 110 cm³/mol. The lowest BCUT2D eigenvalue weighted by Gasteiger charge is -2.38. The van der Waals surface area contributed by atoms with Gasteiger partial charge in [-0.3, -0.25) is 9.59 Å². The molecule has 1 saturated heterocycles. The summed E-state index contributed by atoms with van der Waals surface area (Å²) in [6, 6.07) is 14.4. The van der Waals surface area contributed by atoms with Crippen molar-refractivity contribution in [3.63, 3.8) is 0 Å². The fourth-order valence-corrected chi connectivity index (χ4v) is 5.85. The van der Waals surface area contributed by atoms with E-state index in [1.165, 1.54) is 15.8 Å². The molecule has 4 nitrogen and oxygen atoms in total. The van der Waals surface area contributed by atoms with Gasteiger partial charge in [0.05, 0.1) is 17.5 Å². The molecule has 4 atom stereocenters. The molecule has 2 amide bonds. The molecular weight excluding hydrogens is 348 g/mol. The summed E-state index contributed by atoms with van der Waals surface area (Å²) in [4.78, 5) is 28.0. The van der Waals surface area contributed by atoms with Crippen LogP contribution in [-0.4, -0.2) is 16.4 Å². The van der Waals surface area contributed by atoms with Crippen molar-refractivity contribution in [2.45, 2.75) is 26.3 Å². The maximum Gasteiger partial charge on any atom is 0.238 e. The second kappa shape index (κ2) is 5.57. The zero-order chi connectivity index (χ0) is 19.0. The van der Waals surface area contributed by atoms with Gasteiger partial charge in [0, 0.05) is 28.4 Å². The average Bonchev–Trinajstić information content (AvgIpc) is 3.21. The van der Waals surface area contributed by atoms with Crippen molar-refractivity contribution in [2.75, 3.05) is 4.90 Å². The van der Waals surface area contributed by atoms with E-state index in [2.05, 4.69) is 47.9 Å². The summed E-state index contributed by atoms with van der Waals surface area (Å²) in [5.74, 6) is 0.109. The number of fused-ring (bicyclic) bond motifs is 4. The first-order valence-corrected chi connectivity index (χ1v) is 10.3. The van der Waals surface area contributed by atoms with Gasteiger partial charge < -0.3 is 4.57 Å². The van der Waals surface area contributed by atoms with Crippen LogP contribution in [0.3, 0.4) is 0 Å². The zero-order valence-corrected chi connectivity index (χ0v) is 15.8. The molecule has 0 spiro atoms. The highest BCUT2D eigenvalue weighted by molar-refractivity contribution is 6.23. The second-order valence-corrected chi connectivity index (χ2v) is 8.32. The van der Waals surface area contributed by atoms with Gasteiger partial charge in [0.25, 0.3) is 0 Å². The SMILES string of the molecule is CCn1c2ccccc2c2cc(N3C(=O)C4C5C=CC(CC5)C4C3=O)ccc21. The summed E-state index contributed by atoms with van der Waals surface area (Å²) in [5, 5.41) is 2.27. The molecular formula is C24H22N2O2. The highest BCUT2D eigenvalue weighted by atomic mass is 16.2. The van der Waals surface area contributed by atoms with Gasteiger partial charge in [0.2, 0.25) is 11.8 Å². The number of hydrogen-bond acceptors (Lipinski definition) is 2. The molecule has 0 N–H and O–H groups in total. The number of imide groups is 1. The van der Waals surface area contributed by atoms with Crippen LogP contribution in [0.15, 0.2) is 54.6 Å². The maximum absolute atomic E-state index is 13.3. The van der Waals surface area contributed by atoms with Crippen molar-refractivity contribution in [2.24, 2.45) is 23.7 Å². The van der Waals surface area contributed by atoms with Crippen LogP contribution < -0.4 is 4.90 Å². The largest absolute Gasteiger partial charge is 0.341 e. The van der Waals surface area contributed by atoms with Crippen molar-refractivity contribution in [1.29, 1.82) is 0 Å². The van der Waals surface area contributed by atoms with Gasteiger partial charge >= 0.3 is 0 Å². The number of allylic oxidation sites excluding steroid dienone is 2. The lowest BCUT2D eigenvalue weighted by Crippen LogP contribution is -2.38. The number of carbonyl (C=O) groups excluding carboxylic acids is 2. The second-order valence-electron chi connectivity index (χ2n) is 8.32. The number of aryl methyl sites for hydroxylation is 1. The van der Waals surface area contributed by atoms with Crippen LogP contribution in [0.25, 0.3) is 21.8 Å². The monoisotopic (exact) mass is 370 g/mol. The first-order chi connectivity index (χ1) is 13.7. The van der Waals surface area contributed by atoms with Crippen LogP contribution in [0.4, 0.5) is 5.69 Å². The predicted octanol–water partition coefficient (Wildman–Crippen LogP) is 4.52. The minimum atomic E-state index is -0.163. The van der Waals surface area contributed by atoms with E-state index < -0.39 is 0 Å². The zero-order valence-electron chi connectivity index (χ0n) is 15.8. The molecule has 4 heteroatoms. The van der Waals surface area contributed by atoms with Gasteiger partial charge in [0.15, 0.2) is 0 Å². The van der Waals surface area contributed by atoms with Crippen molar-refractivity contribution >= 4 is 39.3 Å². The summed E-state index contributed by atoms with van der Waals surface area (Å²) in [7, 11) is 0. The quantitative estimate of drug-likeness (QED) is 0.492. The summed E-state index contributed by atoms with van der Waals surface area (Å²) in [6.07, 6.45) is 6.39. The van der Waals surface area contributed by atoms with Gasteiger partial charge in [-0.2, -0.15) is 0 Å². The molecule has 1 aliphatic heterocycles. The van der Waals surface area contributed by atoms with Crippen LogP contribution in [0, 0.1) is 23.7 Å². The van der Waals surface area contributed by atoms with Crippen molar-refractivity contribution in [3.8, 4) is 0 Å². The van der Waals surface area contributed by atoms with Gasteiger partial charge in [-0.05, 0) is 55.9 Å². The van der Waals surface area contributed by atoms with Crippen LogP contribution in [0.2, 0.25) is 0 Å². The molecule has 2 aromatic carbocycles. The van der Waals surface area contributed by atoms with E-state index >= 15 is 0 Å². The van der Waals surface area contributed by atoms with Gasteiger partial charge in [0.1, 0.15) is 0 Å². The Morgan fingerprint density at radius 1 is 0.857 bits per heavy atom. The number of para-hydroxylation sites is 1. The van der Waals surface area contributed by atoms with E-state index in [1.807, 2.05) is 18.2 Å². The third kappa shape index (κ3) is 1.90. The molecule has 7 rings (SSSR count). The first kappa shape index (κ1) is 16.1. The average molecular weight is 370 g/mol. The molecule has 4 unspecified atom stereocenters. The van der Waals surface area contributed by atoms with Gasteiger partial charge in [-0.1, -0.05) is 30.4 Å². The molecule has 4 aliphatic rings. The number of benzene rings is 2. The minimum absolute atomic E-state index is 0.00682. The van der Waals surface area contributed by atoms with E-state index in [9.17, 15) is 9.59 Å². The normalized spacial score (nSPS) is 28.7. The Kier molecular flexibility index (Phi) is 3.20. The molecule has 2 fully saturated rings. The Labute approximate surface area is 163 Å². The molecule has 3 aromatic rings. The van der Waals surface area contributed by atoms with Crippen molar-refractivity contribution < 1.29 is 9.59 Å². The summed E-state index contributed by atoms with van der Waals surface area (Å²) in [6.45, 7) is 3.02. The molecule has 2 heterocycles. The molecule has 0 radical (unpaired) electrons. The highest BCUT2D eigenvalue weighted by Gasteiger charge is 2.56. The fourth-order valence-electron chi connectivity index (χ4n) is 5.85. The van der Waals surface area contributed by atoms with E-state index in [0.717, 1.165) is 36.0 Å². The molecule has 28 heavy (non-hydrogen) atoms. The fraction of sp³-hybridized carbons (Fsp3) is 0.333. The Bertz CT molecular complexity index is 1160. The van der Waals surface area contributed by atoms with Crippen LogP contribution in [-0.2, 0) is 16.1 Å².